The number of fused-ring (bicyclic) bond motifs is 1. The Kier molecular flexibility index (Phi) is 4.78. The van der Waals surface area contributed by atoms with E-state index in [1.54, 1.807) is 0 Å². The minimum atomic E-state index is 0.682. The molecule has 3 N–H and O–H groups in total. The molecule has 2 aromatic heterocycles. The summed E-state index contributed by atoms with van der Waals surface area (Å²) in [7, 11) is 0. The third-order valence-corrected chi connectivity index (χ3v) is 4.87. The number of hydrogen-bond donors (Lipinski definition) is 2. The zero-order valence-electron chi connectivity index (χ0n) is 14.5. The first-order chi connectivity index (χ1) is 12.3. The largest absolute Gasteiger partial charge is 0.330 e. The lowest BCUT2D eigenvalue weighted by atomic mass is 10.1. The maximum Gasteiger partial charge on any atom is 0.137 e. The highest BCUT2D eigenvalue weighted by molar-refractivity contribution is 5.66. The van der Waals surface area contributed by atoms with Crippen molar-refractivity contribution in [2.45, 2.75) is 13.0 Å². The standard InChI is InChI=1S/C20H25N5/c21-9-8-16-4-6-17(7-5-16)20-18(15-24-13-10-22-11-14-24)25-12-2-1-3-19(25)23-20/h1-7,12,22H,8-11,13-15,21H2. The van der Waals surface area contributed by atoms with Crippen LogP contribution in [0.25, 0.3) is 16.9 Å². The van der Waals surface area contributed by atoms with Gasteiger partial charge in [0.1, 0.15) is 5.65 Å². The number of nitrogens with two attached hydrogens (primary N) is 1. The Bertz CT molecular complexity index is 831. The molecule has 0 amide bonds. The number of aromatic nitrogens is 2. The molecule has 130 valence electrons. The molecule has 1 fully saturated rings. The molecule has 5 heteroatoms. The topological polar surface area (TPSA) is 58.6 Å². The van der Waals surface area contributed by atoms with Gasteiger partial charge in [-0.15, -0.1) is 0 Å². The Labute approximate surface area is 148 Å². The van der Waals surface area contributed by atoms with E-state index in [0.29, 0.717) is 6.54 Å². The van der Waals surface area contributed by atoms with Gasteiger partial charge in [-0.25, -0.2) is 4.98 Å². The molecule has 0 spiro atoms. The van der Waals surface area contributed by atoms with E-state index in [9.17, 15) is 0 Å². The monoisotopic (exact) mass is 335 g/mol. The fraction of sp³-hybridized carbons (Fsp3) is 0.350. The van der Waals surface area contributed by atoms with Crippen LogP contribution in [0, 0.1) is 0 Å². The van der Waals surface area contributed by atoms with Crippen molar-refractivity contribution >= 4 is 5.65 Å². The van der Waals surface area contributed by atoms with Crippen LogP contribution in [0.4, 0.5) is 0 Å². The van der Waals surface area contributed by atoms with Gasteiger partial charge in [0.2, 0.25) is 0 Å². The maximum atomic E-state index is 5.66. The van der Waals surface area contributed by atoms with Crippen LogP contribution < -0.4 is 11.1 Å². The molecule has 3 aromatic rings. The molecule has 1 aromatic carbocycles. The van der Waals surface area contributed by atoms with Crippen LogP contribution in [0.2, 0.25) is 0 Å². The SMILES string of the molecule is NCCc1ccc(-c2nc3ccccn3c2CN2CCNCC2)cc1. The van der Waals surface area contributed by atoms with E-state index in [2.05, 4.69) is 57.2 Å². The molecule has 0 atom stereocenters. The average molecular weight is 335 g/mol. The zero-order chi connectivity index (χ0) is 17.1. The molecule has 25 heavy (non-hydrogen) atoms. The van der Waals surface area contributed by atoms with E-state index in [-0.39, 0.29) is 0 Å². The van der Waals surface area contributed by atoms with Gasteiger partial charge in [0.25, 0.3) is 0 Å². The van der Waals surface area contributed by atoms with E-state index >= 15 is 0 Å². The van der Waals surface area contributed by atoms with Gasteiger partial charge < -0.3 is 15.5 Å². The third-order valence-electron chi connectivity index (χ3n) is 4.87. The predicted molar refractivity (Wildman–Crippen MR) is 102 cm³/mol. The number of rotatable bonds is 5. The smallest absolute Gasteiger partial charge is 0.137 e. The third kappa shape index (κ3) is 3.44. The molecule has 4 rings (SSSR count). The van der Waals surface area contributed by atoms with E-state index in [1.807, 2.05) is 6.07 Å². The van der Waals surface area contributed by atoms with E-state index in [0.717, 1.165) is 50.5 Å². The molecular formula is C20H25N5. The highest BCUT2D eigenvalue weighted by Crippen LogP contribution is 2.26. The highest BCUT2D eigenvalue weighted by Gasteiger charge is 2.18. The quantitative estimate of drug-likeness (QED) is 0.748. The summed E-state index contributed by atoms with van der Waals surface area (Å²) >= 11 is 0. The summed E-state index contributed by atoms with van der Waals surface area (Å²) in [5.41, 5.74) is 11.5. The van der Waals surface area contributed by atoms with Gasteiger partial charge in [-0.3, -0.25) is 4.90 Å². The number of hydrogen-bond acceptors (Lipinski definition) is 4. The molecular weight excluding hydrogens is 310 g/mol. The Hall–Kier alpha value is -2.21. The van der Waals surface area contributed by atoms with Gasteiger partial charge in [-0.1, -0.05) is 30.3 Å². The van der Waals surface area contributed by atoms with E-state index in [1.165, 1.54) is 16.8 Å². The first-order valence-electron chi connectivity index (χ1n) is 9.03. The van der Waals surface area contributed by atoms with Crippen molar-refractivity contribution in [3.05, 3.63) is 59.9 Å². The number of imidazole rings is 1. The molecule has 0 radical (unpaired) electrons. The molecule has 0 aliphatic carbocycles. The average Bonchev–Trinajstić information content (AvgIpc) is 3.02. The molecule has 1 saturated heterocycles. The predicted octanol–water partition coefficient (Wildman–Crippen LogP) is 1.91. The first-order valence-corrected chi connectivity index (χ1v) is 9.03. The fourth-order valence-corrected chi connectivity index (χ4v) is 3.51. The van der Waals surface area contributed by atoms with Crippen molar-refractivity contribution in [2.24, 2.45) is 5.73 Å². The van der Waals surface area contributed by atoms with Crippen LogP contribution in [-0.4, -0.2) is 47.0 Å². The highest BCUT2D eigenvalue weighted by atomic mass is 15.2. The van der Waals surface area contributed by atoms with Gasteiger partial charge >= 0.3 is 0 Å². The fourth-order valence-electron chi connectivity index (χ4n) is 3.51. The summed E-state index contributed by atoms with van der Waals surface area (Å²) in [6.07, 6.45) is 3.03. The Balaban J connectivity index is 1.72. The van der Waals surface area contributed by atoms with Crippen molar-refractivity contribution in [1.82, 2.24) is 19.6 Å². The van der Waals surface area contributed by atoms with Gasteiger partial charge in [0.15, 0.2) is 0 Å². The summed E-state index contributed by atoms with van der Waals surface area (Å²) in [6.45, 7) is 5.87. The minimum absolute atomic E-state index is 0.682. The van der Waals surface area contributed by atoms with Crippen molar-refractivity contribution in [2.75, 3.05) is 32.7 Å². The first kappa shape index (κ1) is 16.3. The minimum Gasteiger partial charge on any atom is -0.330 e. The number of nitrogens with one attached hydrogen (secondary N) is 1. The normalized spacial score (nSPS) is 15.7. The molecule has 1 aliphatic rings. The summed E-state index contributed by atoms with van der Waals surface area (Å²) in [6, 6.07) is 14.9. The number of piperazine rings is 1. The summed E-state index contributed by atoms with van der Waals surface area (Å²) in [4.78, 5) is 7.42. The van der Waals surface area contributed by atoms with Crippen molar-refractivity contribution in [3.63, 3.8) is 0 Å². The second-order valence-electron chi connectivity index (χ2n) is 6.60. The Morgan fingerprint density at radius 3 is 2.60 bits per heavy atom. The van der Waals surface area contributed by atoms with E-state index < -0.39 is 0 Å². The number of benzene rings is 1. The second kappa shape index (κ2) is 7.35. The molecule has 1 aliphatic heterocycles. The van der Waals surface area contributed by atoms with E-state index in [4.69, 9.17) is 10.7 Å². The lowest BCUT2D eigenvalue weighted by Gasteiger charge is -2.27. The van der Waals surface area contributed by atoms with Crippen LogP contribution >= 0.6 is 0 Å². The van der Waals surface area contributed by atoms with Crippen molar-refractivity contribution < 1.29 is 0 Å². The maximum absolute atomic E-state index is 5.66. The lowest BCUT2D eigenvalue weighted by Crippen LogP contribution is -2.43. The second-order valence-corrected chi connectivity index (χ2v) is 6.60. The van der Waals surface area contributed by atoms with Crippen LogP contribution in [0.15, 0.2) is 48.7 Å². The van der Waals surface area contributed by atoms with Crippen LogP contribution in [0.3, 0.4) is 0 Å². The van der Waals surface area contributed by atoms with Gasteiger partial charge in [0.05, 0.1) is 11.4 Å². The molecule has 0 bridgehead atoms. The van der Waals surface area contributed by atoms with Gasteiger partial charge in [0, 0.05) is 44.5 Å². The van der Waals surface area contributed by atoms with Crippen LogP contribution in [0.5, 0.6) is 0 Å². The summed E-state index contributed by atoms with van der Waals surface area (Å²) in [5.74, 6) is 0. The van der Waals surface area contributed by atoms with Crippen LogP contribution in [-0.2, 0) is 13.0 Å². The van der Waals surface area contributed by atoms with Crippen molar-refractivity contribution in [1.29, 1.82) is 0 Å². The Morgan fingerprint density at radius 2 is 1.84 bits per heavy atom. The van der Waals surface area contributed by atoms with Crippen LogP contribution in [0.1, 0.15) is 11.3 Å². The summed E-state index contributed by atoms with van der Waals surface area (Å²) < 4.78 is 2.23. The molecule has 3 heterocycles. The zero-order valence-corrected chi connectivity index (χ0v) is 14.5. The Morgan fingerprint density at radius 1 is 1.04 bits per heavy atom. The lowest BCUT2D eigenvalue weighted by molar-refractivity contribution is 0.230. The summed E-state index contributed by atoms with van der Waals surface area (Å²) in [5, 5.41) is 3.42. The van der Waals surface area contributed by atoms with Gasteiger partial charge in [-0.05, 0) is 30.7 Å². The number of pyridine rings is 1. The van der Waals surface area contributed by atoms with Gasteiger partial charge in [-0.2, -0.15) is 0 Å². The van der Waals surface area contributed by atoms with Crippen molar-refractivity contribution in [3.8, 4) is 11.3 Å². The molecule has 0 unspecified atom stereocenters. The molecule has 5 nitrogen and oxygen atoms in total. The number of nitrogens with zero attached hydrogens (tertiary/aromatic N) is 3. The molecule has 0 saturated carbocycles.